The van der Waals surface area contributed by atoms with E-state index in [0.717, 1.165) is 18.5 Å². The molecule has 5 heteroatoms. The predicted molar refractivity (Wildman–Crippen MR) is 123 cm³/mol. The summed E-state index contributed by atoms with van der Waals surface area (Å²) < 4.78 is 0. The Morgan fingerprint density at radius 3 is 2.00 bits per heavy atom. The van der Waals surface area contributed by atoms with Crippen LogP contribution in [0.2, 0.25) is 0 Å². The molecule has 166 valence electrons. The molecule has 1 aromatic carbocycles. The van der Waals surface area contributed by atoms with E-state index >= 15 is 0 Å². The summed E-state index contributed by atoms with van der Waals surface area (Å²) in [5.41, 5.74) is 3.32. The molecule has 5 nitrogen and oxygen atoms in total. The summed E-state index contributed by atoms with van der Waals surface area (Å²) in [4.78, 5) is 27.0. The van der Waals surface area contributed by atoms with Gasteiger partial charge >= 0.3 is 6.03 Å². The Labute approximate surface area is 182 Å². The first-order valence-electron chi connectivity index (χ1n) is 12.0. The van der Waals surface area contributed by atoms with E-state index < -0.39 is 0 Å². The average molecular weight is 414 g/mol. The molecule has 1 heterocycles. The summed E-state index contributed by atoms with van der Waals surface area (Å²) in [6.07, 6.45) is 14.1. The van der Waals surface area contributed by atoms with Crippen molar-refractivity contribution >= 4 is 17.6 Å². The van der Waals surface area contributed by atoms with Gasteiger partial charge in [-0.1, -0.05) is 63.9 Å². The predicted octanol–water partition coefficient (Wildman–Crippen LogP) is 5.38. The zero-order valence-electron chi connectivity index (χ0n) is 18.8. The Morgan fingerprint density at radius 2 is 1.40 bits per heavy atom. The first-order chi connectivity index (χ1) is 14.5. The molecule has 3 amide bonds. The van der Waals surface area contributed by atoms with E-state index in [1.54, 1.807) is 4.90 Å². The van der Waals surface area contributed by atoms with Crippen LogP contribution in [0.3, 0.4) is 0 Å². The van der Waals surface area contributed by atoms with Crippen LogP contribution in [-0.4, -0.2) is 30.6 Å². The van der Waals surface area contributed by atoms with Gasteiger partial charge in [0.15, 0.2) is 0 Å². The summed E-state index contributed by atoms with van der Waals surface area (Å²) in [6.45, 7) is 4.67. The van der Waals surface area contributed by atoms with Crippen molar-refractivity contribution in [1.29, 1.82) is 0 Å². The number of nitrogens with one attached hydrogen (secondary N) is 2. The largest absolute Gasteiger partial charge is 0.335 e. The van der Waals surface area contributed by atoms with Gasteiger partial charge in [0, 0.05) is 24.7 Å². The molecule has 1 saturated carbocycles. The Hall–Kier alpha value is -2.04. The van der Waals surface area contributed by atoms with Gasteiger partial charge in [0.1, 0.15) is 0 Å². The first-order valence-corrected chi connectivity index (χ1v) is 12.0. The maximum Gasteiger partial charge on any atom is 0.315 e. The molecular formula is C25H39N3O2. The minimum Gasteiger partial charge on any atom is -0.335 e. The zero-order valence-corrected chi connectivity index (χ0v) is 18.8. The van der Waals surface area contributed by atoms with Crippen molar-refractivity contribution in [1.82, 2.24) is 10.6 Å². The minimum absolute atomic E-state index is 0.0783. The number of rotatable bonds is 3. The molecule has 2 N–H and O–H groups in total. The summed E-state index contributed by atoms with van der Waals surface area (Å²) in [5, 5.41) is 6.26. The monoisotopic (exact) mass is 413 g/mol. The number of aryl methyl sites for hydroxylation is 2. The molecular weight excluding hydrogens is 374 g/mol. The Bertz CT molecular complexity index is 706. The summed E-state index contributed by atoms with van der Waals surface area (Å²) in [6, 6.07) is 6.10. The molecule has 1 aliphatic heterocycles. The third-order valence-electron chi connectivity index (χ3n) is 6.70. The molecule has 0 aromatic heterocycles. The van der Waals surface area contributed by atoms with E-state index in [9.17, 15) is 9.59 Å². The van der Waals surface area contributed by atoms with Gasteiger partial charge in [-0.05, 0) is 49.9 Å². The number of carbonyl (C=O) groups is 2. The molecule has 2 aliphatic rings. The first kappa shape index (κ1) is 22.6. The van der Waals surface area contributed by atoms with Gasteiger partial charge in [0.2, 0.25) is 5.91 Å². The van der Waals surface area contributed by atoms with E-state index in [-0.39, 0.29) is 24.0 Å². The van der Waals surface area contributed by atoms with Crippen LogP contribution in [0, 0.1) is 13.8 Å². The number of amides is 3. The molecule has 1 aliphatic carbocycles. The molecule has 2 fully saturated rings. The minimum atomic E-state index is -0.134. The number of anilines is 1. The van der Waals surface area contributed by atoms with E-state index in [1.807, 2.05) is 6.07 Å². The van der Waals surface area contributed by atoms with E-state index in [0.29, 0.717) is 13.0 Å². The second-order valence-corrected chi connectivity index (χ2v) is 9.25. The van der Waals surface area contributed by atoms with Gasteiger partial charge in [-0.25, -0.2) is 4.79 Å². The lowest BCUT2D eigenvalue weighted by Crippen LogP contribution is -2.47. The van der Waals surface area contributed by atoms with Gasteiger partial charge in [-0.2, -0.15) is 0 Å². The van der Waals surface area contributed by atoms with Crippen LogP contribution in [0.4, 0.5) is 10.5 Å². The molecule has 1 atom stereocenters. The van der Waals surface area contributed by atoms with Gasteiger partial charge in [0.25, 0.3) is 0 Å². The van der Waals surface area contributed by atoms with Crippen LogP contribution >= 0.6 is 0 Å². The highest BCUT2D eigenvalue weighted by Crippen LogP contribution is 2.24. The topological polar surface area (TPSA) is 61.4 Å². The molecule has 1 aromatic rings. The molecule has 30 heavy (non-hydrogen) atoms. The van der Waals surface area contributed by atoms with Crippen molar-refractivity contribution < 1.29 is 9.59 Å². The smallest absolute Gasteiger partial charge is 0.315 e. The summed E-state index contributed by atoms with van der Waals surface area (Å²) in [5.74, 6) is 0.0783. The van der Waals surface area contributed by atoms with Gasteiger partial charge in [0.05, 0.1) is 6.04 Å². The van der Waals surface area contributed by atoms with Crippen molar-refractivity contribution in [2.24, 2.45) is 0 Å². The Kier molecular flexibility index (Phi) is 8.59. The van der Waals surface area contributed by atoms with Crippen LogP contribution in [0.15, 0.2) is 18.2 Å². The lowest BCUT2D eigenvalue weighted by atomic mass is 9.98. The number of carbonyl (C=O) groups excluding carboxylic acids is 2. The molecule has 0 bridgehead atoms. The zero-order chi connectivity index (χ0) is 21.3. The number of benzene rings is 1. The average Bonchev–Trinajstić information content (AvgIpc) is 3.06. The summed E-state index contributed by atoms with van der Waals surface area (Å²) >= 11 is 0. The maximum absolute atomic E-state index is 12.6. The second kappa shape index (κ2) is 11.4. The molecule has 0 radical (unpaired) electrons. The highest BCUT2D eigenvalue weighted by molar-refractivity contribution is 5.96. The molecule has 1 saturated heterocycles. The van der Waals surface area contributed by atoms with Crippen molar-refractivity contribution in [3.8, 4) is 0 Å². The Balaban J connectivity index is 1.49. The second-order valence-electron chi connectivity index (χ2n) is 9.25. The van der Waals surface area contributed by atoms with Gasteiger partial charge < -0.3 is 15.5 Å². The van der Waals surface area contributed by atoms with E-state index in [2.05, 4.69) is 36.6 Å². The van der Waals surface area contributed by atoms with Crippen molar-refractivity contribution in [2.45, 2.75) is 103 Å². The number of nitrogens with zero attached hydrogens (tertiary/aromatic N) is 1. The quantitative estimate of drug-likeness (QED) is 0.699. The Morgan fingerprint density at radius 1 is 0.833 bits per heavy atom. The lowest BCUT2D eigenvalue weighted by Gasteiger charge is -2.22. The van der Waals surface area contributed by atoms with Gasteiger partial charge in [-0.15, -0.1) is 0 Å². The fraction of sp³-hybridized carbons (Fsp3) is 0.680. The molecule has 1 unspecified atom stereocenters. The normalized spacial score (nSPS) is 22.3. The highest BCUT2D eigenvalue weighted by atomic mass is 16.2. The van der Waals surface area contributed by atoms with Crippen molar-refractivity contribution in [2.75, 3.05) is 11.4 Å². The van der Waals surface area contributed by atoms with E-state index in [4.69, 9.17) is 0 Å². The molecule has 0 spiro atoms. The molecule has 3 rings (SSSR count). The highest BCUT2D eigenvalue weighted by Gasteiger charge is 2.32. The van der Waals surface area contributed by atoms with Crippen molar-refractivity contribution in [3.63, 3.8) is 0 Å². The van der Waals surface area contributed by atoms with Crippen LogP contribution in [-0.2, 0) is 4.79 Å². The lowest BCUT2D eigenvalue weighted by molar-refractivity contribution is -0.117. The third-order valence-corrected chi connectivity index (χ3v) is 6.70. The number of urea groups is 1. The van der Waals surface area contributed by atoms with Crippen LogP contribution in [0.25, 0.3) is 0 Å². The van der Waals surface area contributed by atoms with Crippen LogP contribution < -0.4 is 15.5 Å². The third kappa shape index (κ3) is 6.75. The maximum atomic E-state index is 12.6. The fourth-order valence-corrected chi connectivity index (χ4v) is 4.67. The van der Waals surface area contributed by atoms with Crippen molar-refractivity contribution in [3.05, 3.63) is 29.3 Å². The summed E-state index contributed by atoms with van der Waals surface area (Å²) in [7, 11) is 0. The number of hydrogen-bond donors (Lipinski definition) is 2. The van der Waals surface area contributed by atoms with Crippen LogP contribution in [0.1, 0.15) is 88.2 Å². The standard InChI is InChI=1S/C25H39N3O2/c1-19-14-15-23(16-20(19)2)28-18-22(17-24(28)29)27-25(30)26-21-12-10-8-6-4-3-5-7-9-11-13-21/h14-16,21-22H,3-13,17-18H2,1-2H3,(H2,26,27,30). The van der Waals surface area contributed by atoms with Gasteiger partial charge in [-0.3, -0.25) is 4.79 Å². The fourth-order valence-electron chi connectivity index (χ4n) is 4.67. The number of hydrogen-bond acceptors (Lipinski definition) is 2. The SMILES string of the molecule is Cc1ccc(N2CC(NC(=O)NC3CCCCCCCCCCC3)CC2=O)cc1C. The van der Waals surface area contributed by atoms with Crippen LogP contribution in [0.5, 0.6) is 0 Å². The van der Waals surface area contributed by atoms with E-state index in [1.165, 1.54) is 68.9 Å².